The minimum atomic E-state index is -0.240. The van der Waals surface area contributed by atoms with Crippen LogP contribution in [0.25, 0.3) is 16.3 Å². The van der Waals surface area contributed by atoms with Crippen molar-refractivity contribution in [2.75, 3.05) is 31.1 Å². The second-order valence-corrected chi connectivity index (χ2v) is 9.92. The molecule has 2 aromatic heterocycles. The standard InChI is InChI=1S/C20H24FN5S2/c1-13(2)27-19-18(25-9-7-22-8-10-25)23-20(28-19)26-12-17(14(3)24-26)15-5-4-6-16(21)11-15/h4-6,11-13,22H,7-10H2,1-3H3. The molecule has 148 valence electrons. The highest BCUT2D eigenvalue weighted by molar-refractivity contribution is 8.01. The molecule has 8 heteroatoms. The van der Waals surface area contributed by atoms with Crippen molar-refractivity contribution in [1.82, 2.24) is 20.1 Å². The van der Waals surface area contributed by atoms with Crippen molar-refractivity contribution in [3.05, 3.63) is 42.0 Å². The number of anilines is 1. The van der Waals surface area contributed by atoms with Crippen LogP contribution in [-0.2, 0) is 0 Å². The van der Waals surface area contributed by atoms with E-state index >= 15 is 0 Å². The Balaban J connectivity index is 1.71. The van der Waals surface area contributed by atoms with Gasteiger partial charge in [0.15, 0.2) is 5.82 Å². The second-order valence-electron chi connectivity index (χ2n) is 7.09. The summed E-state index contributed by atoms with van der Waals surface area (Å²) in [6.07, 6.45) is 1.95. The SMILES string of the molecule is Cc1nn(-c2nc(N3CCNCC3)c(SC(C)C)s2)cc1-c1cccc(F)c1. The van der Waals surface area contributed by atoms with Crippen molar-refractivity contribution >= 4 is 28.9 Å². The number of halogens is 1. The van der Waals surface area contributed by atoms with E-state index in [0.717, 1.165) is 53.9 Å². The average molecular weight is 418 g/mol. The summed E-state index contributed by atoms with van der Waals surface area (Å²) in [4.78, 5) is 7.30. The lowest BCUT2D eigenvalue weighted by molar-refractivity contribution is 0.583. The van der Waals surface area contributed by atoms with E-state index in [9.17, 15) is 4.39 Å². The molecule has 0 atom stereocenters. The molecule has 5 nitrogen and oxygen atoms in total. The monoisotopic (exact) mass is 417 g/mol. The molecule has 1 aromatic carbocycles. The first kappa shape index (κ1) is 19.4. The van der Waals surface area contributed by atoms with Crippen molar-refractivity contribution in [2.45, 2.75) is 30.2 Å². The molecule has 0 bridgehead atoms. The van der Waals surface area contributed by atoms with E-state index in [1.807, 2.05) is 35.6 Å². The lowest BCUT2D eigenvalue weighted by Gasteiger charge is -2.28. The molecule has 0 aliphatic carbocycles. The zero-order chi connectivity index (χ0) is 19.7. The third-order valence-electron chi connectivity index (χ3n) is 4.56. The summed E-state index contributed by atoms with van der Waals surface area (Å²) in [6, 6.07) is 6.64. The maximum Gasteiger partial charge on any atom is 0.213 e. The molecule has 28 heavy (non-hydrogen) atoms. The summed E-state index contributed by atoms with van der Waals surface area (Å²) in [5, 5.41) is 9.40. The molecular formula is C20H24FN5S2. The van der Waals surface area contributed by atoms with Gasteiger partial charge in [0, 0.05) is 43.2 Å². The maximum absolute atomic E-state index is 13.6. The number of aryl methyl sites for hydroxylation is 1. The lowest BCUT2D eigenvalue weighted by Crippen LogP contribution is -2.43. The van der Waals surface area contributed by atoms with E-state index in [1.54, 1.807) is 23.5 Å². The maximum atomic E-state index is 13.6. The average Bonchev–Trinajstić information content (AvgIpc) is 3.26. The summed E-state index contributed by atoms with van der Waals surface area (Å²) in [6.45, 7) is 10.2. The molecule has 1 fully saturated rings. The van der Waals surface area contributed by atoms with E-state index in [0.29, 0.717) is 5.25 Å². The highest BCUT2D eigenvalue weighted by Crippen LogP contribution is 2.39. The molecule has 0 spiro atoms. The summed E-state index contributed by atoms with van der Waals surface area (Å²) in [5.41, 5.74) is 2.62. The fourth-order valence-corrected chi connectivity index (χ4v) is 5.70. The normalized spacial score (nSPS) is 14.8. The summed E-state index contributed by atoms with van der Waals surface area (Å²) >= 11 is 3.52. The van der Waals surface area contributed by atoms with Gasteiger partial charge in [-0.25, -0.2) is 9.07 Å². The second kappa shape index (κ2) is 8.23. The van der Waals surface area contributed by atoms with Crippen LogP contribution in [0, 0.1) is 12.7 Å². The van der Waals surface area contributed by atoms with Gasteiger partial charge in [-0.2, -0.15) is 10.1 Å². The molecule has 1 N–H and O–H groups in total. The largest absolute Gasteiger partial charge is 0.352 e. The molecule has 0 saturated carbocycles. The molecule has 3 aromatic rings. The molecule has 4 rings (SSSR count). The highest BCUT2D eigenvalue weighted by atomic mass is 32.2. The van der Waals surface area contributed by atoms with Gasteiger partial charge in [0.2, 0.25) is 5.13 Å². The first-order valence-corrected chi connectivity index (χ1v) is 11.2. The fourth-order valence-electron chi connectivity index (χ4n) is 3.25. The summed E-state index contributed by atoms with van der Waals surface area (Å²) < 4.78 is 16.7. The van der Waals surface area contributed by atoms with Crippen molar-refractivity contribution in [2.24, 2.45) is 0 Å². The quantitative estimate of drug-likeness (QED) is 0.625. The van der Waals surface area contributed by atoms with Gasteiger partial charge in [-0.1, -0.05) is 37.3 Å². The fraction of sp³-hybridized carbons (Fsp3) is 0.400. The van der Waals surface area contributed by atoms with Crippen LogP contribution < -0.4 is 10.2 Å². The Morgan fingerprint density at radius 1 is 1.25 bits per heavy atom. The van der Waals surface area contributed by atoms with E-state index in [2.05, 4.69) is 29.2 Å². The minimum Gasteiger partial charge on any atom is -0.352 e. The van der Waals surface area contributed by atoms with Gasteiger partial charge in [-0.15, -0.1) is 11.8 Å². The Kier molecular flexibility index (Phi) is 5.70. The van der Waals surface area contributed by atoms with Crippen molar-refractivity contribution < 1.29 is 4.39 Å². The molecule has 1 aliphatic rings. The third kappa shape index (κ3) is 4.09. The molecule has 0 amide bonds. The van der Waals surface area contributed by atoms with Gasteiger partial charge in [-0.05, 0) is 24.6 Å². The molecule has 0 radical (unpaired) electrons. The third-order valence-corrected chi connectivity index (χ3v) is 6.79. The Morgan fingerprint density at radius 3 is 2.75 bits per heavy atom. The molecule has 3 heterocycles. The van der Waals surface area contributed by atoms with Gasteiger partial charge in [0.1, 0.15) is 10.0 Å². The number of hydrogen-bond donors (Lipinski definition) is 1. The molecule has 1 aliphatic heterocycles. The predicted molar refractivity (Wildman–Crippen MR) is 115 cm³/mol. The number of thiazole rings is 1. The predicted octanol–water partition coefficient (Wildman–Crippen LogP) is 4.35. The topological polar surface area (TPSA) is 46.0 Å². The van der Waals surface area contributed by atoms with Gasteiger partial charge in [-0.3, -0.25) is 0 Å². The first-order valence-electron chi connectivity index (χ1n) is 9.47. The van der Waals surface area contributed by atoms with E-state index in [-0.39, 0.29) is 5.82 Å². The van der Waals surface area contributed by atoms with Crippen molar-refractivity contribution in [1.29, 1.82) is 0 Å². The van der Waals surface area contributed by atoms with Gasteiger partial charge in [0.05, 0.1) is 5.69 Å². The Hall–Kier alpha value is -1.90. The highest BCUT2D eigenvalue weighted by Gasteiger charge is 2.22. The van der Waals surface area contributed by atoms with Crippen LogP contribution in [0.15, 0.2) is 34.7 Å². The number of aromatic nitrogens is 3. The van der Waals surface area contributed by atoms with E-state index in [4.69, 9.17) is 4.98 Å². The van der Waals surface area contributed by atoms with E-state index < -0.39 is 0 Å². The Bertz CT molecular complexity index is 959. The van der Waals surface area contributed by atoms with Gasteiger partial charge < -0.3 is 10.2 Å². The molecular weight excluding hydrogens is 393 g/mol. The first-order chi connectivity index (χ1) is 13.5. The summed E-state index contributed by atoms with van der Waals surface area (Å²) in [7, 11) is 0. The molecule has 1 saturated heterocycles. The number of nitrogens with zero attached hydrogens (tertiary/aromatic N) is 4. The number of hydrogen-bond acceptors (Lipinski definition) is 6. The van der Waals surface area contributed by atoms with Crippen LogP contribution in [0.2, 0.25) is 0 Å². The van der Waals surface area contributed by atoms with Crippen LogP contribution >= 0.6 is 23.1 Å². The number of thioether (sulfide) groups is 1. The zero-order valence-electron chi connectivity index (χ0n) is 16.3. The minimum absolute atomic E-state index is 0.240. The van der Waals surface area contributed by atoms with E-state index in [1.165, 1.54) is 10.3 Å². The van der Waals surface area contributed by atoms with Crippen molar-refractivity contribution in [3.63, 3.8) is 0 Å². The van der Waals surface area contributed by atoms with Crippen LogP contribution in [0.5, 0.6) is 0 Å². The van der Waals surface area contributed by atoms with Crippen LogP contribution in [0.3, 0.4) is 0 Å². The van der Waals surface area contributed by atoms with Gasteiger partial charge >= 0.3 is 0 Å². The van der Waals surface area contributed by atoms with Crippen LogP contribution in [0.4, 0.5) is 10.2 Å². The summed E-state index contributed by atoms with van der Waals surface area (Å²) in [5.74, 6) is 0.816. The Labute approximate surface area is 173 Å². The number of benzene rings is 1. The van der Waals surface area contributed by atoms with Crippen LogP contribution in [-0.4, -0.2) is 46.2 Å². The zero-order valence-corrected chi connectivity index (χ0v) is 17.9. The van der Waals surface area contributed by atoms with Crippen molar-refractivity contribution in [3.8, 4) is 16.3 Å². The number of piperazine rings is 1. The van der Waals surface area contributed by atoms with Crippen LogP contribution in [0.1, 0.15) is 19.5 Å². The lowest BCUT2D eigenvalue weighted by atomic mass is 10.1. The van der Waals surface area contributed by atoms with Gasteiger partial charge in [0.25, 0.3) is 0 Å². The molecule has 0 unspecified atom stereocenters. The number of rotatable bonds is 5. The Morgan fingerprint density at radius 2 is 2.04 bits per heavy atom. The smallest absolute Gasteiger partial charge is 0.213 e. The number of nitrogens with one attached hydrogen (secondary N) is 1.